The average molecular weight is 255 g/mol. The molecule has 4 heteroatoms. The molecule has 2 rings (SSSR count). The van der Waals surface area contributed by atoms with E-state index in [2.05, 4.69) is 23.0 Å². The van der Waals surface area contributed by atoms with Gasteiger partial charge < -0.3 is 9.72 Å². The standard InChI is InChI=1S/C15H17N3O/c1-10-11(2)14(19-3)7-6-12(10)13-9-17-15(18-13)5-4-8-16/h6-7,9H,4-5H2,1-3H3,(H,17,18). The first-order valence-electron chi connectivity index (χ1n) is 6.22. The first-order chi connectivity index (χ1) is 9.17. The molecule has 1 aromatic heterocycles. The van der Waals surface area contributed by atoms with E-state index in [1.807, 2.05) is 25.3 Å². The third-order valence-electron chi connectivity index (χ3n) is 3.35. The van der Waals surface area contributed by atoms with Crippen molar-refractivity contribution >= 4 is 0 Å². The molecular formula is C15H17N3O. The van der Waals surface area contributed by atoms with Gasteiger partial charge in [-0.15, -0.1) is 0 Å². The van der Waals surface area contributed by atoms with Crippen LogP contribution in [-0.2, 0) is 6.42 Å². The van der Waals surface area contributed by atoms with Crippen molar-refractivity contribution in [3.05, 3.63) is 35.3 Å². The number of benzene rings is 1. The van der Waals surface area contributed by atoms with E-state index in [0.29, 0.717) is 12.8 Å². The minimum absolute atomic E-state index is 0.480. The molecule has 2 aromatic rings. The topological polar surface area (TPSA) is 61.7 Å². The maximum absolute atomic E-state index is 8.58. The van der Waals surface area contributed by atoms with Crippen molar-refractivity contribution in [2.24, 2.45) is 0 Å². The number of aryl methyl sites for hydroxylation is 1. The summed E-state index contributed by atoms with van der Waals surface area (Å²) in [5.74, 6) is 1.75. The van der Waals surface area contributed by atoms with Gasteiger partial charge in [0.25, 0.3) is 0 Å². The molecular weight excluding hydrogens is 238 g/mol. The molecule has 98 valence electrons. The highest BCUT2D eigenvalue weighted by Gasteiger charge is 2.10. The fourth-order valence-electron chi connectivity index (χ4n) is 2.11. The van der Waals surface area contributed by atoms with Gasteiger partial charge in [0.2, 0.25) is 0 Å². The van der Waals surface area contributed by atoms with E-state index in [4.69, 9.17) is 10.00 Å². The number of hydrogen-bond donors (Lipinski definition) is 1. The molecule has 0 fully saturated rings. The van der Waals surface area contributed by atoms with Crippen LogP contribution in [0.25, 0.3) is 11.3 Å². The number of hydrogen-bond acceptors (Lipinski definition) is 3. The zero-order valence-corrected chi connectivity index (χ0v) is 11.4. The molecule has 1 aromatic carbocycles. The lowest BCUT2D eigenvalue weighted by Gasteiger charge is -2.11. The van der Waals surface area contributed by atoms with Crippen molar-refractivity contribution in [2.75, 3.05) is 7.11 Å². The molecule has 1 heterocycles. The average Bonchev–Trinajstić information content (AvgIpc) is 2.88. The minimum Gasteiger partial charge on any atom is -0.496 e. The molecule has 0 saturated carbocycles. The summed E-state index contributed by atoms with van der Waals surface area (Å²) in [5, 5.41) is 8.58. The largest absolute Gasteiger partial charge is 0.496 e. The summed E-state index contributed by atoms with van der Waals surface area (Å²) in [6.45, 7) is 4.12. The fourth-order valence-corrected chi connectivity index (χ4v) is 2.11. The van der Waals surface area contributed by atoms with Crippen LogP contribution >= 0.6 is 0 Å². The van der Waals surface area contributed by atoms with Gasteiger partial charge in [-0.05, 0) is 37.1 Å². The maximum atomic E-state index is 8.58. The fraction of sp³-hybridized carbons (Fsp3) is 0.333. The summed E-state index contributed by atoms with van der Waals surface area (Å²) < 4.78 is 5.31. The smallest absolute Gasteiger partial charge is 0.122 e. The van der Waals surface area contributed by atoms with Gasteiger partial charge >= 0.3 is 0 Å². The molecule has 0 amide bonds. The molecule has 0 bridgehead atoms. The van der Waals surface area contributed by atoms with Crippen LogP contribution in [0, 0.1) is 25.2 Å². The summed E-state index contributed by atoms with van der Waals surface area (Å²) in [6.07, 6.45) is 2.96. The van der Waals surface area contributed by atoms with E-state index in [-0.39, 0.29) is 0 Å². The van der Waals surface area contributed by atoms with E-state index in [9.17, 15) is 0 Å². The van der Waals surface area contributed by atoms with Crippen molar-refractivity contribution in [3.8, 4) is 23.1 Å². The van der Waals surface area contributed by atoms with E-state index in [0.717, 1.165) is 28.4 Å². The Morgan fingerprint density at radius 3 is 2.79 bits per heavy atom. The van der Waals surface area contributed by atoms with Gasteiger partial charge in [-0.1, -0.05) is 0 Å². The summed E-state index contributed by atoms with van der Waals surface area (Å²) in [5.41, 5.74) is 4.41. The highest BCUT2D eigenvalue weighted by molar-refractivity contribution is 5.66. The van der Waals surface area contributed by atoms with Crippen molar-refractivity contribution < 1.29 is 4.74 Å². The molecule has 19 heavy (non-hydrogen) atoms. The summed E-state index contributed by atoms with van der Waals surface area (Å²) in [7, 11) is 1.68. The highest BCUT2D eigenvalue weighted by Crippen LogP contribution is 2.30. The number of rotatable bonds is 4. The zero-order chi connectivity index (χ0) is 13.8. The zero-order valence-electron chi connectivity index (χ0n) is 11.4. The Balaban J connectivity index is 2.34. The number of imidazole rings is 1. The van der Waals surface area contributed by atoms with Gasteiger partial charge in [-0.3, -0.25) is 0 Å². The van der Waals surface area contributed by atoms with Crippen molar-refractivity contribution in [2.45, 2.75) is 26.7 Å². The number of ether oxygens (including phenoxy) is 1. The van der Waals surface area contributed by atoms with Crippen LogP contribution in [0.5, 0.6) is 5.75 Å². The van der Waals surface area contributed by atoms with Crippen molar-refractivity contribution in [1.82, 2.24) is 9.97 Å². The number of aromatic amines is 1. The Labute approximate surface area is 113 Å². The maximum Gasteiger partial charge on any atom is 0.122 e. The normalized spacial score (nSPS) is 10.2. The molecule has 0 atom stereocenters. The highest BCUT2D eigenvalue weighted by atomic mass is 16.5. The molecule has 0 unspecified atom stereocenters. The van der Waals surface area contributed by atoms with Crippen LogP contribution in [0.2, 0.25) is 0 Å². The number of nitrogens with zero attached hydrogens (tertiary/aromatic N) is 2. The van der Waals surface area contributed by atoms with Crippen molar-refractivity contribution in [3.63, 3.8) is 0 Å². The van der Waals surface area contributed by atoms with Crippen LogP contribution in [0.15, 0.2) is 18.3 Å². The Kier molecular flexibility index (Phi) is 3.86. The van der Waals surface area contributed by atoms with E-state index in [1.165, 1.54) is 5.56 Å². The second-order valence-electron chi connectivity index (χ2n) is 4.47. The van der Waals surface area contributed by atoms with Crippen LogP contribution in [0.1, 0.15) is 23.4 Å². The Morgan fingerprint density at radius 2 is 2.11 bits per heavy atom. The lowest BCUT2D eigenvalue weighted by molar-refractivity contribution is 0.411. The van der Waals surface area contributed by atoms with Gasteiger partial charge in [0.1, 0.15) is 11.6 Å². The summed E-state index contributed by atoms with van der Waals surface area (Å²) in [4.78, 5) is 7.57. The third-order valence-corrected chi connectivity index (χ3v) is 3.35. The van der Waals surface area contributed by atoms with Gasteiger partial charge in [-0.2, -0.15) is 5.26 Å². The third kappa shape index (κ3) is 2.60. The SMILES string of the molecule is COc1ccc(-c2cnc(CCC#N)[nH]2)c(C)c1C. The molecule has 0 aliphatic carbocycles. The lowest BCUT2D eigenvalue weighted by atomic mass is 10.0. The quantitative estimate of drug-likeness (QED) is 0.912. The van der Waals surface area contributed by atoms with Crippen LogP contribution in [0.3, 0.4) is 0 Å². The first kappa shape index (κ1) is 13.2. The van der Waals surface area contributed by atoms with Crippen LogP contribution in [0.4, 0.5) is 0 Å². The predicted molar refractivity (Wildman–Crippen MR) is 74.0 cm³/mol. The van der Waals surface area contributed by atoms with Crippen molar-refractivity contribution in [1.29, 1.82) is 5.26 Å². The van der Waals surface area contributed by atoms with E-state index in [1.54, 1.807) is 7.11 Å². The number of aromatic nitrogens is 2. The van der Waals surface area contributed by atoms with Crippen LogP contribution in [-0.4, -0.2) is 17.1 Å². The number of nitrogens with one attached hydrogen (secondary N) is 1. The second kappa shape index (κ2) is 5.57. The second-order valence-corrected chi connectivity index (χ2v) is 4.47. The number of methoxy groups -OCH3 is 1. The van der Waals surface area contributed by atoms with Gasteiger partial charge in [-0.25, -0.2) is 4.98 Å². The monoisotopic (exact) mass is 255 g/mol. The Hall–Kier alpha value is -2.28. The molecule has 4 nitrogen and oxygen atoms in total. The molecule has 0 spiro atoms. The van der Waals surface area contributed by atoms with Gasteiger partial charge in [0.15, 0.2) is 0 Å². The van der Waals surface area contributed by atoms with Gasteiger partial charge in [0.05, 0.1) is 25.1 Å². The molecule has 0 saturated heterocycles. The number of H-pyrrole nitrogens is 1. The van der Waals surface area contributed by atoms with Gasteiger partial charge in [0, 0.05) is 18.4 Å². The van der Waals surface area contributed by atoms with Crippen LogP contribution < -0.4 is 4.74 Å². The minimum atomic E-state index is 0.480. The molecule has 0 radical (unpaired) electrons. The van der Waals surface area contributed by atoms with E-state index < -0.39 is 0 Å². The van der Waals surface area contributed by atoms with E-state index >= 15 is 0 Å². The summed E-state index contributed by atoms with van der Waals surface area (Å²) >= 11 is 0. The number of nitriles is 1. The predicted octanol–water partition coefficient (Wildman–Crippen LogP) is 3.16. The Morgan fingerprint density at radius 1 is 1.32 bits per heavy atom. The molecule has 0 aliphatic rings. The Bertz CT molecular complexity index is 623. The lowest BCUT2D eigenvalue weighted by Crippen LogP contribution is -1.93. The first-order valence-corrected chi connectivity index (χ1v) is 6.22. The summed E-state index contributed by atoms with van der Waals surface area (Å²) in [6, 6.07) is 6.12. The molecule has 1 N–H and O–H groups in total. The molecule has 0 aliphatic heterocycles.